The average Bonchev–Trinajstić information content (AvgIpc) is 2.77. The molecule has 2 aromatic rings. The first-order valence-corrected chi connectivity index (χ1v) is 13.5. The zero-order valence-corrected chi connectivity index (χ0v) is 22.2. The lowest BCUT2D eigenvalue weighted by Gasteiger charge is -2.49. The van der Waals surface area contributed by atoms with Crippen LogP contribution in [0.3, 0.4) is 0 Å². The number of hydrogen-bond donors (Lipinski definition) is 1. The zero-order chi connectivity index (χ0) is 25.1. The molecular weight excluding hydrogens is 446 g/mol. The van der Waals surface area contributed by atoms with Gasteiger partial charge in [0.25, 0.3) is 15.9 Å². The highest BCUT2D eigenvalue weighted by Gasteiger charge is 2.41. The minimum atomic E-state index is -3.80. The number of hydrogen-bond acceptors (Lipinski definition) is 4. The largest absolute Gasteiger partial charge is 0.336 e. The van der Waals surface area contributed by atoms with Crippen molar-refractivity contribution in [3.63, 3.8) is 0 Å². The van der Waals surface area contributed by atoms with Crippen molar-refractivity contribution >= 4 is 21.6 Å². The molecule has 186 valence electrons. The maximum Gasteiger partial charge on any atom is 0.264 e. The Balaban J connectivity index is 1.93. The Bertz CT molecular complexity index is 1080. The predicted octanol–water partition coefficient (Wildman–Crippen LogP) is 5.06. The van der Waals surface area contributed by atoms with E-state index in [2.05, 4.69) is 39.9 Å². The molecule has 1 N–H and O–H groups in total. The zero-order valence-electron chi connectivity index (χ0n) is 21.3. The standard InChI is InChI=1S/C27H39N3O3S/c1-7-8-17-30(23-19-26(2,3)28-27(4,5)20-23)25(31)21-13-12-16-24(18-21)34(32,33)29(6)22-14-10-9-11-15-22/h9-16,18,23,28H,7-8,17,19-20H2,1-6H3. The molecule has 0 radical (unpaired) electrons. The number of amides is 1. The van der Waals surface area contributed by atoms with E-state index in [4.69, 9.17) is 0 Å². The summed E-state index contributed by atoms with van der Waals surface area (Å²) in [6.45, 7) is 11.5. The number of benzene rings is 2. The van der Waals surface area contributed by atoms with Crippen LogP contribution in [0.15, 0.2) is 59.5 Å². The van der Waals surface area contributed by atoms with Crippen LogP contribution < -0.4 is 9.62 Å². The Labute approximate surface area is 205 Å². The van der Waals surface area contributed by atoms with Crippen LogP contribution in [0, 0.1) is 0 Å². The van der Waals surface area contributed by atoms with E-state index in [1.54, 1.807) is 42.5 Å². The molecule has 1 fully saturated rings. The summed E-state index contributed by atoms with van der Waals surface area (Å²) in [6.07, 6.45) is 3.59. The Kier molecular flexibility index (Phi) is 7.78. The van der Waals surface area contributed by atoms with Crippen LogP contribution in [-0.2, 0) is 10.0 Å². The predicted molar refractivity (Wildman–Crippen MR) is 139 cm³/mol. The number of para-hydroxylation sites is 1. The molecule has 0 saturated carbocycles. The number of sulfonamides is 1. The minimum absolute atomic E-state index is 0.0811. The number of nitrogens with one attached hydrogen (secondary N) is 1. The molecule has 1 aliphatic rings. The first-order valence-electron chi connectivity index (χ1n) is 12.1. The lowest BCUT2D eigenvalue weighted by molar-refractivity contribution is 0.0441. The topological polar surface area (TPSA) is 69.7 Å². The van der Waals surface area contributed by atoms with Crippen molar-refractivity contribution in [2.45, 2.75) is 82.3 Å². The molecule has 1 amide bonds. The fourth-order valence-electron chi connectivity index (χ4n) is 5.16. The smallest absolute Gasteiger partial charge is 0.264 e. The Morgan fingerprint density at radius 1 is 1.00 bits per heavy atom. The quantitative estimate of drug-likeness (QED) is 0.567. The van der Waals surface area contributed by atoms with Gasteiger partial charge in [-0.3, -0.25) is 9.10 Å². The fourth-order valence-corrected chi connectivity index (χ4v) is 6.40. The van der Waals surface area contributed by atoms with Crippen LogP contribution in [0.5, 0.6) is 0 Å². The summed E-state index contributed by atoms with van der Waals surface area (Å²) in [6, 6.07) is 15.5. The van der Waals surface area contributed by atoms with Crippen molar-refractivity contribution in [3.05, 3.63) is 60.2 Å². The van der Waals surface area contributed by atoms with Gasteiger partial charge in [0.05, 0.1) is 10.6 Å². The highest BCUT2D eigenvalue weighted by atomic mass is 32.2. The van der Waals surface area contributed by atoms with Gasteiger partial charge in [0.1, 0.15) is 0 Å². The maximum absolute atomic E-state index is 13.8. The third-order valence-corrected chi connectivity index (χ3v) is 8.26. The normalized spacial score (nSPS) is 17.8. The van der Waals surface area contributed by atoms with Gasteiger partial charge in [0, 0.05) is 36.3 Å². The van der Waals surface area contributed by atoms with Crippen molar-refractivity contribution in [1.29, 1.82) is 0 Å². The highest BCUT2D eigenvalue weighted by molar-refractivity contribution is 7.92. The molecule has 1 saturated heterocycles. The fraction of sp³-hybridized carbons (Fsp3) is 0.519. The number of anilines is 1. The van der Waals surface area contributed by atoms with Crippen molar-refractivity contribution in [3.8, 4) is 0 Å². The van der Waals surface area contributed by atoms with Gasteiger partial charge in [0.2, 0.25) is 0 Å². The molecule has 0 spiro atoms. The van der Waals surface area contributed by atoms with Crippen LogP contribution in [-0.4, -0.2) is 49.9 Å². The van der Waals surface area contributed by atoms with Crippen LogP contribution >= 0.6 is 0 Å². The van der Waals surface area contributed by atoms with E-state index in [1.165, 1.54) is 17.4 Å². The summed E-state index contributed by atoms with van der Waals surface area (Å²) in [5.41, 5.74) is 0.789. The van der Waals surface area contributed by atoms with E-state index in [9.17, 15) is 13.2 Å². The molecule has 0 bridgehead atoms. The second kappa shape index (κ2) is 10.1. The van der Waals surface area contributed by atoms with Crippen molar-refractivity contribution in [2.75, 3.05) is 17.9 Å². The van der Waals surface area contributed by atoms with E-state index < -0.39 is 10.0 Å². The summed E-state index contributed by atoms with van der Waals surface area (Å²) in [7, 11) is -2.27. The van der Waals surface area contributed by atoms with Gasteiger partial charge in [-0.05, 0) is 77.3 Å². The van der Waals surface area contributed by atoms with Crippen molar-refractivity contribution in [2.24, 2.45) is 0 Å². The molecule has 0 atom stereocenters. The highest BCUT2D eigenvalue weighted by Crippen LogP contribution is 2.33. The third kappa shape index (κ3) is 5.99. The molecule has 2 aromatic carbocycles. The number of nitrogens with zero attached hydrogens (tertiary/aromatic N) is 2. The Morgan fingerprint density at radius 2 is 1.62 bits per heavy atom. The molecule has 6 nitrogen and oxygen atoms in total. The average molecular weight is 486 g/mol. The van der Waals surface area contributed by atoms with E-state index in [-0.39, 0.29) is 27.9 Å². The van der Waals surface area contributed by atoms with Crippen molar-refractivity contribution < 1.29 is 13.2 Å². The monoisotopic (exact) mass is 485 g/mol. The van der Waals surface area contributed by atoms with Crippen LogP contribution in [0.25, 0.3) is 0 Å². The second-order valence-corrected chi connectivity index (χ2v) is 12.6. The first-order chi connectivity index (χ1) is 15.9. The molecule has 0 unspecified atom stereocenters. The lowest BCUT2D eigenvalue weighted by atomic mass is 9.78. The number of piperidine rings is 1. The van der Waals surface area contributed by atoms with Crippen molar-refractivity contribution in [1.82, 2.24) is 10.2 Å². The van der Waals surface area contributed by atoms with Gasteiger partial charge in [-0.25, -0.2) is 8.42 Å². The van der Waals surface area contributed by atoms with Gasteiger partial charge in [0.15, 0.2) is 0 Å². The number of carbonyl (C=O) groups is 1. The number of rotatable bonds is 8. The van der Waals surface area contributed by atoms with Crippen LogP contribution in [0.4, 0.5) is 5.69 Å². The Morgan fingerprint density at radius 3 is 2.21 bits per heavy atom. The summed E-state index contributed by atoms with van der Waals surface area (Å²) in [4.78, 5) is 15.9. The Hall–Kier alpha value is -2.38. The second-order valence-electron chi connectivity index (χ2n) is 10.6. The molecule has 1 heterocycles. The molecule has 1 aliphatic heterocycles. The molecule has 0 aliphatic carbocycles. The van der Waals surface area contributed by atoms with E-state index in [0.29, 0.717) is 17.8 Å². The molecule has 0 aromatic heterocycles. The molecular formula is C27H39N3O3S. The number of unbranched alkanes of at least 4 members (excludes halogenated alkanes) is 1. The first kappa shape index (κ1) is 26.2. The summed E-state index contributed by atoms with van der Waals surface area (Å²) in [5.74, 6) is -0.105. The molecule has 3 rings (SSSR count). The number of carbonyl (C=O) groups excluding carboxylic acids is 1. The van der Waals surface area contributed by atoms with Gasteiger partial charge >= 0.3 is 0 Å². The SMILES string of the molecule is CCCCN(C(=O)c1cccc(S(=O)(=O)N(C)c2ccccc2)c1)C1CC(C)(C)NC(C)(C)C1. The minimum Gasteiger partial charge on any atom is -0.336 e. The van der Waals surface area contributed by atoms with Gasteiger partial charge in [-0.2, -0.15) is 0 Å². The van der Waals surface area contributed by atoms with Gasteiger partial charge < -0.3 is 10.2 Å². The molecule has 7 heteroatoms. The van der Waals surface area contributed by atoms with E-state index in [1.807, 2.05) is 11.0 Å². The lowest BCUT2D eigenvalue weighted by Crippen LogP contribution is -2.62. The maximum atomic E-state index is 13.8. The van der Waals surface area contributed by atoms with Crippen LogP contribution in [0.1, 0.15) is 70.7 Å². The van der Waals surface area contributed by atoms with Gasteiger partial charge in [-0.1, -0.05) is 37.6 Å². The molecule has 34 heavy (non-hydrogen) atoms. The summed E-state index contributed by atoms with van der Waals surface area (Å²) < 4.78 is 27.9. The third-order valence-electron chi connectivity index (χ3n) is 6.48. The summed E-state index contributed by atoms with van der Waals surface area (Å²) in [5, 5.41) is 3.69. The van der Waals surface area contributed by atoms with E-state index in [0.717, 1.165) is 25.7 Å². The van der Waals surface area contributed by atoms with E-state index >= 15 is 0 Å². The summed E-state index contributed by atoms with van der Waals surface area (Å²) >= 11 is 0. The van der Waals surface area contributed by atoms with Gasteiger partial charge in [-0.15, -0.1) is 0 Å². The van der Waals surface area contributed by atoms with Crippen LogP contribution in [0.2, 0.25) is 0 Å².